The third-order valence-electron chi connectivity index (χ3n) is 6.00. The average molecular weight is 402 g/mol. The van der Waals surface area contributed by atoms with Crippen LogP contribution in [0, 0.1) is 12.0 Å². The second kappa shape index (κ2) is 6.99. The van der Waals surface area contributed by atoms with Crippen LogP contribution < -0.4 is 10.6 Å². The molecule has 4 rings (SSSR count). The molecule has 1 spiro atoms. The van der Waals surface area contributed by atoms with Crippen molar-refractivity contribution in [2.45, 2.75) is 31.8 Å². The van der Waals surface area contributed by atoms with Crippen molar-refractivity contribution in [3.05, 3.63) is 71.6 Å². The van der Waals surface area contributed by atoms with Crippen molar-refractivity contribution in [3.8, 4) is 0 Å². The van der Waals surface area contributed by atoms with Gasteiger partial charge in [0.2, 0.25) is 17.7 Å². The molecule has 1 fully saturated rings. The van der Waals surface area contributed by atoms with Gasteiger partial charge in [-0.3, -0.25) is 24.1 Å². The van der Waals surface area contributed by atoms with E-state index in [1.54, 1.807) is 38.1 Å². The summed E-state index contributed by atoms with van der Waals surface area (Å²) < 4.78 is 0. The second-order valence-electron chi connectivity index (χ2n) is 8.27. The average Bonchev–Trinajstić information content (AvgIpc) is 3.27. The molecule has 2 aliphatic heterocycles. The van der Waals surface area contributed by atoms with Gasteiger partial charge in [0.25, 0.3) is 0 Å². The van der Waals surface area contributed by atoms with Gasteiger partial charge >= 0.3 is 6.17 Å². The molecule has 2 atom stereocenters. The number of likely N-dealkylation sites (tertiary alicyclic amines) is 1. The first kappa shape index (κ1) is 19.6. The number of nitrogens with one attached hydrogen (secondary N) is 2. The van der Waals surface area contributed by atoms with Gasteiger partial charge < -0.3 is 10.6 Å². The smallest absolute Gasteiger partial charge is 0.302 e. The van der Waals surface area contributed by atoms with Gasteiger partial charge in [0.15, 0.2) is 0 Å². The summed E-state index contributed by atoms with van der Waals surface area (Å²) in [6, 6.07) is 16.2. The van der Waals surface area contributed by atoms with E-state index < -0.39 is 28.8 Å². The Kier molecular flexibility index (Phi) is 4.58. The van der Waals surface area contributed by atoms with E-state index in [0.717, 1.165) is 5.56 Å². The minimum Gasteiger partial charge on any atom is -0.325 e. The van der Waals surface area contributed by atoms with Crippen molar-refractivity contribution >= 4 is 29.1 Å². The number of nitrogens with zero attached hydrogens (tertiary/aromatic N) is 2. The van der Waals surface area contributed by atoms with Crippen molar-refractivity contribution < 1.29 is 14.4 Å². The predicted octanol–water partition coefficient (Wildman–Crippen LogP) is 3.02. The molecule has 1 saturated heterocycles. The molecule has 7 heteroatoms. The molecule has 2 aromatic rings. The van der Waals surface area contributed by atoms with Gasteiger partial charge in [-0.15, -0.1) is 0 Å². The fourth-order valence-electron chi connectivity index (χ4n) is 4.20. The van der Waals surface area contributed by atoms with Crippen LogP contribution in [0.1, 0.15) is 25.8 Å². The van der Waals surface area contributed by atoms with Crippen molar-refractivity contribution in [2.24, 2.45) is 5.41 Å². The Morgan fingerprint density at radius 2 is 1.83 bits per heavy atom. The highest BCUT2D eigenvalue weighted by molar-refractivity contribution is 6.11. The maximum Gasteiger partial charge on any atom is 0.302 e. The van der Waals surface area contributed by atoms with E-state index in [2.05, 4.69) is 15.5 Å². The van der Waals surface area contributed by atoms with Gasteiger partial charge in [-0.05, 0) is 37.6 Å². The zero-order valence-electron chi connectivity index (χ0n) is 16.8. The molecule has 2 heterocycles. The van der Waals surface area contributed by atoms with Crippen molar-refractivity contribution in [1.82, 2.24) is 4.90 Å². The van der Waals surface area contributed by atoms with Crippen molar-refractivity contribution in [3.63, 3.8) is 0 Å². The summed E-state index contributed by atoms with van der Waals surface area (Å²) in [5, 5.41) is 5.63. The molecule has 7 nitrogen and oxygen atoms in total. The number of para-hydroxylation sites is 2. The molecule has 152 valence electrons. The first-order valence-electron chi connectivity index (χ1n) is 9.75. The van der Waals surface area contributed by atoms with Gasteiger partial charge in [-0.1, -0.05) is 36.4 Å². The number of amides is 3. The zero-order chi connectivity index (χ0) is 21.5. The van der Waals surface area contributed by atoms with Crippen LogP contribution in [0.5, 0.6) is 0 Å². The number of benzene rings is 2. The van der Waals surface area contributed by atoms with E-state index in [-0.39, 0.29) is 18.9 Å². The third kappa shape index (κ3) is 2.92. The highest BCUT2D eigenvalue weighted by atomic mass is 16.2. The van der Waals surface area contributed by atoms with Gasteiger partial charge in [0.05, 0.1) is 6.42 Å². The Bertz CT molecular complexity index is 1070. The highest BCUT2D eigenvalue weighted by Crippen LogP contribution is 2.47. The topological polar surface area (TPSA) is 82.9 Å². The van der Waals surface area contributed by atoms with Gasteiger partial charge in [-0.2, -0.15) is 0 Å². The van der Waals surface area contributed by atoms with Crippen LogP contribution in [0.15, 0.2) is 54.6 Å². The third-order valence-corrected chi connectivity index (χ3v) is 6.00. The van der Waals surface area contributed by atoms with Crippen LogP contribution in [0.2, 0.25) is 0 Å². The van der Waals surface area contributed by atoms with Crippen molar-refractivity contribution in [1.29, 1.82) is 0 Å². The molecular weight excluding hydrogens is 380 g/mol. The molecule has 0 bridgehead atoms. The molecule has 2 N–H and O–H groups in total. The monoisotopic (exact) mass is 402 g/mol. The van der Waals surface area contributed by atoms with Crippen LogP contribution in [0.25, 0.3) is 4.85 Å². The number of carbonyl (C=O) groups is 3. The Morgan fingerprint density at radius 3 is 2.53 bits per heavy atom. The molecule has 0 aromatic heterocycles. The Morgan fingerprint density at radius 1 is 1.17 bits per heavy atom. The fraction of sp³-hybridized carbons (Fsp3) is 0.304. The van der Waals surface area contributed by atoms with E-state index in [0.29, 0.717) is 11.4 Å². The lowest BCUT2D eigenvalue weighted by Gasteiger charge is -2.29. The van der Waals surface area contributed by atoms with E-state index in [1.165, 1.54) is 4.90 Å². The molecule has 2 aromatic carbocycles. The predicted molar refractivity (Wildman–Crippen MR) is 112 cm³/mol. The van der Waals surface area contributed by atoms with Crippen molar-refractivity contribution in [2.75, 3.05) is 17.2 Å². The van der Waals surface area contributed by atoms with Crippen LogP contribution in [0.4, 0.5) is 11.4 Å². The lowest BCUT2D eigenvalue weighted by molar-refractivity contribution is -0.146. The normalized spacial score (nSPS) is 22.4. The molecule has 0 radical (unpaired) electrons. The Labute approximate surface area is 174 Å². The maximum absolute atomic E-state index is 13.4. The highest BCUT2D eigenvalue weighted by Gasteiger charge is 2.60. The van der Waals surface area contributed by atoms with E-state index in [9.17, 15) is 14.4 Å². The summed E-state index contributed by atoms with van der Waals surface area (Å²) in [4.78, 5) is 44.2. The summed E-state index contributed by atoms with van der Waals surface area (Å²) in [5.74, 6) is -1.13. The number of hydrogen-bond acceptors (Lipinski definition) is 3. The Hall–Kier alpha value is -3.66. The maximum atomic E-state index is 13.4. The first-order valence-corrected chi connectivity index (χ1v) is 9.75. The molecule has 0 aliphatic carbocycles. The zero-order valence-corrected chi connectivity index (χ0v) is 16.8. The van der Waals surface area contributed by atoms with Gasteiger partial charge in [-0.25, -0.2) is 6.57 Å². The van der Waals surface area contributed by atoms with E-state index >= 15 is 0 Å². The lowest BCUT2D eigenvalue weighted by atomic mass is 9.80. The molecule has 3 amide bonds. The van der Waals surface area contributed by atoms with Gasteiger partial charge in [0, 0.05) is 17.9 Å². The lowest BCUT2D eigenvalue weighted by Crippen LogP contribution is -2.49. The summed E-state index contributed by atoms with van der Waals surface area (Å²) in [6.45, 7) is 10.8. The van der Waals surface area contributed by atoms with E-state index in [4.69, 9.17) is 6.57 Å². The standard InChI is InChI=1S/C23H22N4O3/c1-22(2,19(28)25-15-9-5-4-6-10-15)21(30)27-14-23(13-18(27)24-3)16-11-7-8-12-17(16)26-20(23)29/h4-12,18H,13-14H2,1-2H3,(H,25,28)(H,26,29)/t18-,23-/m0/s1. The van der Waals surface area contributed by atoms with Crippen LogP contribution in [0.3, 0.4) is 0 Å². The minimum absolute atomic E-state index is 0.0732. The molecule has 0 unspecified atom stereocenters. The van der Waals surface area contributed by atoms with Crippen LogP contribution in [-0.2, 0) is 19.8 Å². The summed E-state index contributed by atoms with van der Waals surface area (Å²) in [7, 11) is 0. The number of anilines is 2. The quantitative estimate of drug-likeness (QED) is 0.612. The van der Waals surface area contributed by atoms with Crippen LogP contribution >= 0.6 is 0 Å². The second-order valence-corrected chi connectivity index (χ2v) is 8.27. The minimum atomic E-state index is -1.40. The number of hydrogen-bond donors (Lipinski definition) is 2. The number of carbonyl (C=O) groups excluding carboxylic acids is 3. The summed E-state index contributed by atoms with van der Waals surface area (Å²) in [6.07, 6.45) is -0.597. The largest absolute Gasteiger partial charge is 0.325 e. The first-order chi connectivity index (χ1) is 14.3. The summed E-state index contributed by atoms with van der Waals surface area (Å²) >= 11 is 0. The molecular formula is C23H22N4O3. The summed E-state index contributed by atoms with van der Waals surface area (Å²) in [5.41, 5.74) is -0.272. The van der Waals surface area contributed by atoms with E-state index in [1.807, 2.05) is 30.3 Å². The number of fused-ring (bicyclic) bond motifs is 2. The SMILES string of the molecule is [C-]#[N+][C@@H]1C[C@@]2(CN1C(=O)C(C)(C)C(=O)Nc1ccccc1)C(=O)Nc1ccccc12. The van der Waals surface area contributed by atoms with Gasteiger partial charge in [0.1, 0.15) is 10.8 Å². The van der Waals surface area contributed by atoms with Crippen LogP contribution in [-0.4, -0.2) is 35.3 Å². The molecule has 30 heavy (non-hydrogen) atoms. The molecule has 0 saturated carbocycles. The molecule has 2 aliphatic rings. The number of rotatable bonds is 3. The fourth-order valence-corrected chi connectivity index (χ4v) is 4.20. The Balaban J connectivity index is 1.62.